The van der Waals surface area contributed by atoms with Crippen LogP contribution in [0.5, 0.6) is 5.75 Å². The van der Waals surface area contributed by atoms with Crippen molar-refractivity contribution in [3.05, 3.63) is 65.9 Å². The number of carbonyl (C=O) groups excluding carboxylic acids is 1. The maximum Gasteiger partial charge on any atom is 0.273 e. The predicted molar refractivity (Wildman–Crippen MR) is 89.5 cm³/mol. The summed E-state index contributed by atoms with van der Waals surface area (Å²) in [7, 11) is 1.61. The Bertz CT molecular complexity index is 802. The van der Waals surface area contributed by atoms with Gasteiger partial charge in [0.05, 0.1) is 12.0 Å². The third-order valence-corrected chi connectivity index (χ3v) is 4.15. The number of rotatable bonds is 5. The molecule has 0 atom stereocenters. The molecule has 23 heavy (non-hydrogen) atoms. The number of carbonyl (C=O) groups is 1. The highest BCUT2D eigenvalue weighted by Gasteiger charge is 2.17. The Hall–Kier alpha value is -2.73. The summed E-state index contributed by atoms with van der Waals surface area (Å²) < 4.78 is 9.20. The maximum absolute atomic E-state index is 12.4. The Kier molecular flexibility index (Phi) is 4.63. The first-order chi connectivity index (χ1) is 11.3. The van der Waals surface area contributed by atoms with Crippen molar-refractivity contribution in [1.82, 2.24) is 14.9 Å². The molecular weight excluding hydrogens is 310 g/mol. The van der Waals surface area contributed by atoms with E-state index in [9.17, 15) is 4.79 Å². The van der Waals surface area contributed by atoms with Gasteiger partial charge in [-0.3, -0.25) is 4.79 Å². The SMILES string of the molecule is COc1ccccc1CNC(=O)c1nnsc1-c1ccccc1. The molecule has 0 aliphatic heterocycles. The van der Waals surface area contributed by atoms with Gasteiger partial charge >= 0.3 is 0 Å². The van der Waals surface area contributed by atoms with Crippen LogP contribution >= 0.6 is 11.5 Å². The molecule has 0 bridgehead atoms. The van der Waals surface area contributed by atoms with Crippen molar-refractivity contribution >= 4 is 17.4 Å². The third kappa shape index (κ3) is 3.37. The van der Waals surface area contributed by atoms with Crippen molar-refractivity contribution < 1.29 is 9.53 Å². The summed E-state index contributed by atoms with van der Waals surface area (Å²) in [5.41, 5.74) is 2.19. The second-order valence-electron chi connectivity index (χ2n) is 4.81. The number of hydrogen-bond acceptors (Lipinski definition) is 5. The van der Waals surface area contributed by atoms with E-state index in [4.69, 9.17) is 4.74 Å². The fourth-order valence-corrected chi connectivity index (χ4v) is 2.89. The summed E-state index contributed by atoms with van der Waals surface area (Å²) in [5.74, 6) is 0.496. The van der Waals surface area contributed by atoms with Gasteiger partial charge in [0, 0.05) is 12.1 Å². The van der Waals surface area contributed by atoms with Crippen LogP contribution in [0.3, 0.4) is 0 Å². The van der Waals surface area contributed by atoms with Crippen LogP contribution in [0.2, 0.25) is 0 Å². The Morgan fingerprint density at radius 3 is 2.65 bits per heavy atom. The molecule has 1 N–H and O–H groups in total. The molecule has 0 spiro atoms. The third-order valence-electron chi connectivity index (χ3n) is 3.37. The van der Waals surface area contributed by atoms with E-state index in [-0.39, 0.29) is 5.91 Å². The van der Waals surface area contributed by atoms with Crippen LogP contribution in [0.15, 0.2) is 54.6 Å². The molecule has 6 heteroatoms. The smallest absolute Gasteiger partial charge is 0.273 e. The van der Waals surface area contributed by atoms with Crippen LogP contribution in [0.1, 0.15) is 16.1 Å². The first kappa shape index (κ1) is 15.2. The summed E-state index contributed by atoms with van der Waals surface area (Å²) >= 11 is 1.21. The van der Waals surface area contributed by atoms with Gasteiger partial charge in [-0.05, 0) is 23.2 Å². The zero-order chi connectivity index (χ0) is 16.1. The molecule has 3 aromatic rings. The van der Waals surface area contributed by atoms with Crippen molar-refractivity contribution in [3.8, 4) is 16.2 Å². The highest BCUT2D eigenvalue weighted by atomic mass is 32.1. The second kappa shape index (κ2) is 7.02. The Morgan fingerprint density at radius 2 is 1.87 bits per heavy atom. The Balaban J connectivity index is 1.76. The van der Waals surface area contributed by atoms with Gasteiger partial charge in [-0.2, -0.15) is 0 Å². The molecule has 2 aromatic carbocycles. The van der Waals surface area contributed by atoms with E-state index in [0.29, 0.717) is 12.2 Å². The molecule has 1 aromatic heterocycles. The van der Waals surface area contributed by atoms with Gasteiger partial charge in [-0.1, -0.05) is 53.0 Å². The van der Waals surface area contributed by atoms with E-state index >= 15 is 0 Å². The van der Waals surface area contributed by atoms with Gasteiger partial charge < -0.3 is 10.1 Å². The number of benzene rings is 2. The van der Waals surface area contributed by atoms with Crippen molar-refractivity contribution in [1.29, 1.82) is 0 Å². The molecule has 0 aliphatic rings. The quantitative estimate of drug-likeness (QED) is 0.783. The molecule has 5 nitrogen and oxygen atoms in total. The van der Waals surface area contributed by atoms with Crippen molar-refractivity contribution in [2.75, 3.05) is 7.11 Å². The number of hydrogen-bond donors (Lipinski definition) is 1. The minimum Gasteiger partial charge on any atom is -0.496 e. The van der Waals surface area contributed by atoms with E-state index in [1.54, 1.807) is 7.11 Å². The topological polar surface area (TPSA) is 64.1 Å². The van der Waals surface area contributed by atoms with Gasteiger partial charge in [0.25, 0.3) is 5.91 Å². The minimum absolute atomic E-state index is 0.247. The fraction of sp³-hybridized carbons (Fsp3) is 0.118. The van der Waals surface area contributed by atoms with Crippen LogP contribution in [-0.2, 0) is 6.54 Å². The number of methoxy groups -OCH3 is 1. The average Bonchev–Trinajstić information content (AvgIpc) is 3.10. The molecule has 0 saturated heterocycles. The summed E-state index contributed by atoms with van der Waals surface area (Å²) in [4.78, 5) is 13.2. The Labute approximate surface area is 138 Å². The van der Waals surface area contributed by atoms with Crippen molar-refractivity contribution in [2.24, 2.45) is 0 Å². The second-order valence-corrected chi connectivity index (χ2v) is 5.57. The summed E-state index contributed by atoms with van der Waals surface area (Å²) in [5, 5.41) is 6.84. The molecule has 116 valence electrons. The number of aromatic nitrogens is 2. The van der Waals surface area contributed by atoms with Gasteiger partial charge in [0.15, 0.2) is 5.69 Å². The van der Waals surface area contributed by atoms with Crippen LogP contribution in [0.4, 0.5) is 0 Å². The highest BCUT2D eigenvalue weighted by Crippen LogP contribution is 2.25. The standard InChI is InChI=1S/C17H15N3O2S/c1-22-14-10-6-5-9-13(14)11-18-17(21)15-16(23-20-19-15)12-7-3-2-4-8-12/h2-10H,11H2,1H3,(H,18,21). The van der Waals surface area contributed by atoms with Crippen LogP contribution in [0.25, 0.3) is 10.4 Å². The number of para-hydroxylation sites is 1. The lowest BCUT2D eigenvalue weighted by atomic mass is 10.1. The first-order valence-electron chi connectivity index (χ1n) is 7.07. The van der Waals surface area contributed by atoms with Crippen molar-refractivity contribution in [2.45, 2.75) is 6.54 Å². The van der Waals surface area contributed by atoms with Crippen LogP contribution in [0, 0.1) is 0 Å². The lowest BCUT2D eigenvalue weighted by Gasteiger charge is -2.09. The maximum atomic E-state index is 12.4. The largest absolute Gasteiger partial charge is 0.496 e. The van der Waals surface area contributed by atoms with Gasteiger partial charge in [0.2, 0.25) is 0 Å². The summed E-state index contributed by atoms with van der Waals surface area (Å²) in [6.45, 7) is 0.370. The number of ether oxygens (including phenoxy) is 1. The highest BCUT2D eigenvalue weighted by molar-refractivity contribution is 7.09. The normalized spacial score (nSPS) is 10.3. The molecule has 3 rings (SSSR count). The van der Waals surface area contributed by atoms with E-state index in [1.165, 1.54) is 11.5 Å². The average molecular weight is 325 g/mol. The zero-order valence-corrected chi connectivity index (χ0v) is 13.3. The van der Waals surface area contributed by atoms with Crippen LogP contribution < -0.4 is 10.1 Å². The lowest BCUT2D eigenvalue weighted by Crippen LogP contribution is -2.24. The monoisotopic (exact) mass is 325 g/mol. The molecule has 1 amide bonds. The predicted octanol–water partition coefficient (Wildman–Crippen LogP) is 3.14. The molecule has 0 unspecified atom stereocenters. The molecule has 1 heterocycles. The summed E-state index contributed by atoms with van der Waals surface area (Å²) in [6.07, 6.45) is 0. The van der Waals surface area contributed by atoms with Crippen LogP contribution in [-0.4, -0.2) is 22.6 Å². The molecule has 0 fully saturated rings. The summed E-state index contributed by atoms with van der Waals surface area (Å²) in [6, 6.07) is 17.2. The molecular formula is C17H15N3O2S. The minimum atomic E-state index is -0.247. The van der Waals surface area contributed by atoms with E-state index in [2.05, 4.69) is 14.9 Å². The zero-order valence-electron chi connectivity index (χ0n) is 12.5. The lowest BCUT2D eigenvalue weighted by molar-refractivity contribution is 0.0946. The number of nitrogens with one attached hydrogen (secondary N) is 1. The van der Waals surface area contributed by atoms with Gasteiger partial charge in [-0.25, -0.2) is 0 Å². The molecule has 0 saturated carbocycles. The number of amides is 1. The molecule has 0 aliphatic carbocycles. The van der Waals surface area contributed by atoms with E-state index in [0.717, 1.165) is 21.8 Å². The Morgan fingerprint density at radius 1 is 1.13 bits per heavy atom. The molecule has 0 radical (unpaired) electrons. The fourth-order valence-electron chi connectivity index (χ4n) is 2.23. The first-order valence-corrected chi connectivity index (χ1v) is 7.85. The van der Waals surface area contributed by atoms with Gasteiger partial charge in [-0.15, -0.1) is 5.10 Å². The van der Waals surface area contributed by atoms with Crippen molar-refractivity contribution in [3.63, 3.8) is 0 Å². The number of nitrogens with zero attached hydrogens (tertiary/aromatic N) is 2. The van der Waals surface area contributed by atoms with E-state index in [1.807, 2.05) is 54.6 Å². The van der Waals surface area contributed by atoms with Gasteiger partial charge in [0.1, 0.15) is 5.75 Å². The van der Waals surface area contributed by atoms with E-state index < -0.39 is 0 Å².